The van der Waals surface area contributed by atoms with Crippen molar-refractivity contribution in [3.63, 3.8) is 0 Å². The van der Waals surface area contributed by atoms with E-state index in [1.807, 2.05) is 0 Å². The Labute approximate surface area is 120 Å². The molecule has 1 amide bonds. The number of carbonyl (C=O) groups is 1. The summed E-state index contributed by atoms with van der Waals surface area (Å²) in [5, 5.41) is 2.87. The predicted molar refractivity (Wildman–Crippen MR) is 77.3 cm³/mol. The van der Waals surface area contributed by atoms with E-state index in [9.17, 15) is 9.18 Å². The van der Waals surface area contributed by atoms with Gasteiger partial charge in [-0.2, -0.15) is 0 Å². The van der Waals surface area contributed by atoms with E-state index in [2.05, 4.69) is 21.2 Å². The van der Waals surface area contributed by atoms with Crippen molar-refractivity contribution in [3.8, 4) is 0 Å². The molecule has 0 aliphatic heterocycles. The monoisotopic (exact) mass is 328 g/mol. The zero-order chi connectivity index (χ0) is 13.9. The Kier molecular flexibility index (Phi) is 4.58. The fourth-order valence-electron chi connectivity index (χ4n) is 2.60. The molecule has 0 bridgehead atoms. The Hall–Kier alpha value is -0.940. The molecular weight excluding hydrogens is 311 g/mol. The third-order valence-corrected chi connectivity index (χ3v) is 4.52. The van der Waals surface area contributed by atoms with Gasteiger partial charge in [0.15, 0.2) is 0 Å². The van der Waals surface area contributed by atoms with Crippen LogP contribution in [0.2, 0.25) is 0 Å². The van der Waals surface area contributed by atoms with Crippen molar-refractivity contribution in [2.75, 3.05) is 11.9 Å². The number of nitrogens with one attached hydrogen (secondary N) is 1. The molecule has 1 aromatic rings. The molecule has 1 aliphatic rings. The smallest absolute Gasteiger partial charge is 0.231 e. The van der Waals surface area contributed by atoms with Crippen molar-refractivity contribution in [1.29, 1.82) is 0 Å². The summed E-state index contributed by atoms with van der Waals surface area (Å²) in [5.74, 6) is -0.391. The van der Waals surface area contributed by atoms with E-state index >= 15 is 0 Å². The van der Waals surface area contributed by atoms with Crippen LogP contribution < -0.4 is 11.1 Å². The molecule has 1 aromatic carbocycles. The molecule has 0 radical (unpaired) electrons. The van der Waals surface area contributed by atoms with Gasteiger partial charge in [0.2, 0.25) is 5.91 Å². The zero-order valence-electron chi connectivity index (χ0n) is 10.7. The number of hydrogen-bond acceptors (Lipinski definition) is 2. The lowest BCUT2D eigenvalue weighted by atomic mass is 9.73. The minimum Gasteiger partial charge on any atom is -0.329 e. The number of rotatable bonds is 3. The highest BCUT2D eigenvalue weighted by molar-refractivity contribution is 9.10. The molecular formula is C14H18BrFN2O. The summed E-state index contributed by atoms with van der Waals surface area (Å²) < 4.78 is 13.6. The number of hydrogen-bond donors (Lipinski definition) is 2. The van der Waals surface area contributed by atoms with Gasteiger partial charge in [0.05, 0.1) is 11.1 Å². The van der Waals surface area contributed by atoms with Crippen molar-refractivity contribution in [1.82, 2.24) is 0 Å². The van der Waals surface area contributed by atoms with Crippen LogP contribution in [0.15, 0.2) is 22.7 Å². The highest BCUT2D eigenvalue weighted by atomic mass is 79.9. The van der Waals surface area contributed by atoms with Crippen LogP contribution in [0, 0.1) is 11.2 Å². The van der Waals surface area contributed by atoms with E-state index in [1.54, 1.807) is 6.07 Å². The van der Waals surface area contributed by atoms with Gasteiger partial charge in [0, 0.05) is 11.0 Å². The molecule has 1 fully saturated rings. The van der Waals surface area contributed by atoms with E-state index in [0.717, 1.165) is 32.1 Å². The maximum Gasteiger partial charge on any atom is 0.231 e. The molecule has 0 atom stereocenters. The van der Waals surface area contributed by atoms with Gasteiger partial charge < -0.3 is 11.1 Å². The van der Waals surface area contributed by atoms with Crippen molar-refractivity contribution in [2.45, 2.75) is 32.1 Å². The maximum atomic E-state index is 13.0. The summed E-state index contributed by atoms with van der Waals surface area (Å²) in [6.45, 7) is 0.359. The van der Waals surface area contributed by atoms with E-state index in [4.69, 9.17) is 5.73 Å². The summed E-state index contributed by atoms with van der Waals surface area (Å²) in [6, 6.07) is 4.23. The largest absolute Gasteiger partial charge is 0.329 e. The van der Waals surface area contributed by atoms with Crippen LogP contribution in [0.3, 0.4) is 0 Å². The first-order valence-corrected chi connectivity index (χ1v) is 7.33. The number of halogens is 2. The van der Waals surface area contributed by atoms with E-state index in [1.165, 1.54) is 12.1 Å². The van der Waals surface area contributed by atoms with Gasteiger partial charge in [-0.3, -0.25) is 4.79 Å². The van der Waals surface area contributed by atoms with E-state index < -0.39 is 5.41 Å². The van der Waals surface area contributed by atoms with Crippen LogP contribution in [-0.2, 0) is 4.79 Å². The lowest BCUT2D eigenvalue weighted by molar-refractivity contribution is -0.126. The average molecular weight is 329 g/mol. The van der Waals surface area contributed by atoms with Gasteiger partial charge in [-0.15, -0.1) is 0 Å². The fourth-order valence-corrected chi connectivity index (χ4v) is 3.05. The topological polar surface area (TPSA) is 55.1 Å². The van der Waals surface area contributed by atoms with Crippen LogP contribution >= 0.6 is 15.9 Å². The number of benzene rings is 1. The minimum absolute atomic E-state index is 0.0537. The van der Waals surface area contributed by atoms with Crippen molar-refractivity contribution < 1.29 is 9.18 Å². The molecule has 0 heterocycles. The molecule has 104 valence electrons. The summed E-state index contributed by atoms with van der Waals surface area (Å²) in [5.41, 5.74) is 5.94. The molecule has 3 nitrogen and oxygen atoms in total. The third kappa shape index (κ3) is 3.15. The van der Waals surface area contributed by atoms with Crippen LogP contribution in [0.5, 0.6) is 0 Å². The Morgan fingerprint density at radius 2 is 2.05 bits per heavy atom. The number of amides is 1. The van der Waals surface area contributed by atoms with Gasteiger partial charge in [0.25, 0.3) is 0 Å². The van der Waals surface area contributed by atoms with Gasteiger partial charge >= 0.3 is 0 Å². The highest BCUT2D eigenvalue weighted by Gasteiger charge is 2.38. The second kappa shape index (κ2) is 6.01. The van der Waals surface area contributed by atoms with Gasteiger partial charge in [-0.25, -0.2) is 4.39 Å². The second-order valence-electron chi connectivity index (χ2n) is 5.12. The first kappa shape index (κ1) is 14.5. The first-order valence-electron chi connectivity index (χ1n) is 6.54. The molecule has 1 saturated carbocycles. The lowest BCUT2D eigenvalue weighted by Gasteiger charge is -2.34. The molecule has 0 saturated heterocycles. The van der Waals surface area contributed by atoms with Gasteiger partial charge in [-0.05, 0) is 47.0 Å². The van der Waals surface area contributed by atoms with Crippen molar-refractivity contribution in [3.05, 3.63) is 28.5 Å². The second-order valence-corrected chi connectivity index (χ2v) is 5.98. The average Bonchev–Trinajstić information content (AvgIpc) is 2.42. The van der Waals surface area contributed by atoms with Crippen LogP contribution in [-0.4, -0.2) is 12.5 Å². The molecule has 0 spiro atoms. The Bertz CT molecular complexity index is 473. The first-order chi connectivity index (χ1) is 9.07. The van der Waals surface area contributed by atoms with Gasteiger partial charge in [0.1, 0.15) is 5.82 Å². The number of carbonyl (C=O) groups excluding carboxylic acids is 1. The van der Waals surface area contributed by atoms with Gasteiger partial charge in [-0.1, -0.05) is 19.3 Å². The fraction of sp³-hybridized carbons (Fsp3) is 0.500. The van der Waals surface area contributed by atoms with Crippen molar-refractivity contribution >= 4 is 27.5 Å². The Balaban J connectivity index is 2.15. The predicted octanol–water partition coefficient (Wildman–Crippen LogP) is 3.44. The van der Waals surface area contributed by atoms with Crippen LogP contribution in [0.1, 0.15) is 32.1 Å². The molecule has 1 aliphatic carbocycles. The molecule has 0 unspecified atom stereocenters. The molecule has 0 aromatic heterocycles. The third-order valence-electron chi connectivity index (χ3n) is 3.86. The summed E-state index contributed by atoms with van der Waals surface area (Å²) in [4.78, 5) is 12.5. The standard InChI is InChI=1S/C14H18BrFN2O/c15-11-8-10(16)4-5-12(11)18-13(19)14(9-17)6-2-1-3-7-14/h4-5,8H,1-3,6-7,9,17H2,(H,18,19). The minimum atomic E-state index is -0.466. The molecule has 3 N–H and O–H groups in total. The summed E-state index contributed by atoms with van der Waals surface area (Å²) in [7, 11) is 0. The van der Waals surface area contributed by atoms with E-state index in [0.29, 0.717) is 16.7 Å². The molecule has 2 rings (SSSR count). The van der Waals surface area contributed by atoms with Crippen LogP contribution in [0.4, 0.5) is 10.1 Å². The quantitative estimate of drug-likeness (QED) is 0.893. The van der Waals surface area contributed by atoms with E-state index in [-0.39, 0.29) is 11.7 Å². The van der Waals surface area contributed by atoms with Crippen LogP contribution in [0.25, 0.3) is 0 Å². The molecule has 19 heavy (non-hydrogen) atoms. The Morgan fingerprint density at radius 1 is 1.37 bits per heavy atom. The lowest BCUT2D eigenvalue weighted by Crippen LogP contribution is -2.43. The summed E-state index contributed by atoms with van der Waals surface area (Å²) >= 11 is 3.25. The molecule has 5 heteroatoms. The normalized spacial score (nSPS) is 18.1. The number of anilines is 1. The van der Waals surface area contributed by atoms with Crippen molar-refractivity contribution in [2.24, 2.45) is 11.1 Å². The summed E-state index contributed by atoms with van der Waals surface area (Å²) in [6.07, 6.45) is 4.89. The maximum absolute atomic E-state index is 13.0. The highest BCUT2D eigenvalue weighted by Crippen LogP contribution is 2.37. The number of nitrogens with two attached hydrogens (primary N) is 1. The SMILES string of the molecule is NCC1(C(=O)Nc2ccc(F)cc2Br)CCCCC1. The zero-order valence-corrected chi connectivity index (χ0v) is 12.3. The Morgan fingerprint density at radius 3 is 2.63 bits per heavy atom.